The Hall–Kier alpha value is -1.52. The molecule has 0 spiro atoms. The molecule has 0 aromatic heterocycles. The van der Waals surface area contributed by atoms with Gasteiger partial charge in [0.15, 0.2) is 6.10 Å². The zero-order chi connectivity index (χ0) is 24.3. The van der Waals surface area contributed by atoms with Crippen LogP contribution in [0.25, 0.3) is 0 Å². The second-order valence-electron chi connectivity index (χ2n) is 9.51. The summed E-state index contributed by atoms with van der Waals surface area (Å²) < 4.78 is 10.8. The van der Waals surface area contributed by atoms with Gasteiger partial charge in [0.1, 0.15) is 24.4 Å². The van der Waals surface area contributed by atoms with Crippen molar-refractivity contribution in [2.24, 2.45) is 5.41 Å². The van der Waals surface area contributed by atoms with E-state index in [0.717, 1.165) is 12.8 Å². The minimum Gasteiger partial charge on any atom is -0.387 e. The Bertz CT molecular complexity index is 600. The summed E-state index contributed by atoms with van der Waals surface area (Å²) in [6.45, 7) is 7.99. The Morgan fingerprint density at radius 2 is 1.69 bits per heavy atom. The lowest BCUT2D eigenvalue weighted by molar-refractivity contribution is -0.150. The average Bonchev–Trinajstić information content (AvgIpc) is 2.74. The molecule has 0 bridgehead atoms. The van der Waals surface area contributed by atoms with Crippen LogP contribution in [0.2, 0.25) is 0 Å². The third kappa shape index (κ3) is 10.4. The van der Waals surface area contributed by atoms with Gasteiger partial charge in [-0.05, 0) is 25.2 Å². The highest BCUT2D eigenvalue weighted by Gasteiger charge is 2.36. The molecule has 1 aliphatic rings. The van der Waals surface area contributed by atoms with Gasteiger partial charge in [0, 0.05) is 13.7 Å². The van der Waals surface area contributed by atoms with E-state index in [9.17, 15) is 24.9 Å². The molecule has 5 atom stereocenters. The first kappa shape index (κ1) is 28.5. The van der Waals surface area contributed by atoms with Gasteiger partial charge < -0.3 is 35.4 Å². The number of hydrogen-bond donors (Lipinski definition) is 5. The van der Waals surface area contributed by atoms with Crippen molar-refractivity contribution in [1.82, 2.24) is 10.6 Å². The zero-order valence-electron chi connectivity index (χ0n) is 20.0. The van der Waals surface area contributed by atoms with Crippen molar-refractivity contribution >= 4 is 11.8 Å². The van der Waals surface area contributed by atoms with Crippen molar-refractivity contribution in [3.05, 3.63) is 12.2 Å². The smallest absolute Gasteiger partial charge is 0.252 e. The highest BCUT2D eigenvalue weighted by atomic mass is 16.5. The van der Waals surface area contributed by atoms with Gasteiger partial charge in [-0.3, -0.25) is 9.59 Å². The van der Waals surface area contributed by atoms with E-state index in [1.54, 1.807) is 6.08 Å². The van der Waals surface area contributed by atoms with Crippen LogP contribution in [0.3, 0.4) is 0 Å². The van der Waals surface area contributed by atoms with Gasteiger partial charge in [0.05, 0.1) is 12.7 Å². The number of hydrogen-bond acceptors (Lipinski definition) is 7. The van der Waals surface area contributed by atoms with E-state index in [0.29, 0.717) is 13.2 Å². The van der Waals surface area contributed by atoms with E-state index >= 15 is 0 Å². The number of aliphatic hydroxyl groups excluding tert-OH is 3. The second kappa shape index (κ2) is 13.9. The molecule has 1 aliphatic carbocycles. The fourth-order valence-electron chi connectivity index (χ4n) is 3.43. The Balaban J connectivity index is 2.48. The van der Waals surface area contributed by atoms with Crippen LogP contribution in [-0.4, -0.2) is 84.0 Å². The topological polar surface area (TPSA) is 137 Å². The summed E-state index contributed by atoms with van der Waals surface area (Å²) in [4.78, 5) is 24.7. The molecule has 0 heterocycles. The Labute approximate surface area is 191 Å². The van der Waals surface area contributed by atoms with E-state index in [1.807, 2.05) is 20.8 Å². The van der Waals surface area contributed by atoms with Crippen LogP contribution >= 0.6 is 0 Å². The molecule has 0 unspecified atom stereocenters. The lowest BCUT2D eigenvalue weighted by Crippen LogP contribution is -2.55. The normalized spacial score (nSPS) is 20.4. The van der Waals surface area contributed by atoms with E-state index < -0.39 is 42.3 Å². The molecule has 9 heteroatoms. The molecule has 9 nitrogen and oxygen atoms in total. The van der Waals surface area contributed by atoms with Crippen molar-refractivity contribution in [2.45, 2.75) is 96.4 Å². The number of amides is 2. The SMILES string of the molecule is CO[C@@H](C(=O)N[C@@H](C)C(=O)NCCOC1CCCCC1)[C@H](O)[C@@H](O)[C@H](O)/C=C/C(C)(C)C. The Morgan fingerprint density at radius 3 is 2.25 bits per heavy atom. The van der Waals surface area contributed by atoms with Crippen molar-refractivity contribution in [1.29, 1.82) is 0 Å². The number of ether oxygens (including phenoxy) is 2. The molecule has 1 saturated carbocycles. The predicted molar refractivity (Wildman–Crippen MR) is 121 cm³/mol. The van der Waals surface area contributed by atoms with Crippen molar-refractivity contribution in [3.63, 3.8) is 0 Å². The zero-order valence-corrected chi connectivity index (χ0v) is 20.0. The molecule has 0 aliphatic heterocycles. The second-order valence-corrected chi connectivity index (χ2v) is 9.51. The largest absolute Gasteiger partial charge is 0.387 e. The van der Waals surface area contributed by atoms with E-state index in [4.69, 9.17) is 9.47 Å². The fourth-order valence-corrected chi connectivity index (χ4v) is 3.43. The molecule has 1 fully saturated rings. The highest BCUT2D eigenvalue weighted by molar-refractivity contribution is 5.89. The van der Waals surface area contributed by atoms with Crippen LogP contribution < -0.4 is 10.6 Å². The van der Waals surface area contributed by atoms with Crippen molar-refractivity contribution in [2.75, 3.05) is 20.3 Å². The summed E-state index contributed by atoms with van der Waals surface area (Å²) >= 11 is 0. The standard InChI is InChI=1S/C23H42N2O7/c1-15(21(29)24-13-14-32-16-9-7-6-8-10-16)25-22(30)20(31-5)19(28)18(27)17(26)11-12-23(2,3)4/h11-12,15-20,26-28H,6-10,13-14H2,1-5H3,(H,24,29)(H,25,30)/b12-11+/t15-,17+,18-,19+,20+/m0/s1. The van der Waals surface area contributed by atoms with Gasteiger partial charge in [-0.25, -0.2) is 0 Å². The van der Waals surface area contributed by atoms with E-state index in [-0.39, 0.29) is 11.5 Å². The predicted octanol–water partition coefficient (Wildman–Crippen LogP) is 0.657. The molecular formula is C23H42N2O7. The maximum atomic E-state index is 12.5. The average molecular weight is 459 g/mol. The monoisotopic (exact) mass is 458 g/mol. The Kier molecular flexibility index (Phi) is 12.4. The van der Waals surface area contributed by atoms with Crippen LogP contribution in [0.1, 0.15) is 59.8 Å². The molecule has 186 valence electrons. The third-order valence-electron chi connectivity index (χ3n) is 5.37. The molecule has 0 aromatic carbocycles. The van der Waals surface area contributed by atoms with Gasteiger partial charge in [-0.15, -0.1) is 0 Å². The molecule has 2 amide bonds. The fraction of sp³-hybridized carbons (Fsp3) is 0.826. The minimum absolute atomic E-state index is 0.228. The molecule has 0 radical (unpaired) electrons. The first-order valence-electron chi connectivity index (χ1n) is 11.4. The van der Waals surface area contributed by atoms with Gasteiger partial charge >= 0.3 is 0 Å². The van der Waals surface area contributed by atoms with Crippen LogP contribution in [0, 0.1) is 5.41 Å². The maximum Gasteiger partial charge on any atom is 0.252 e. The number of carbonyl (C=O) groups excluding carboxylic acids is 2. The molecular weight excluding hydrogens is 416 g/mol. The number of aliphatic hydroxyl groups is 3. The van der Waals surface area contributed by atoms with Crippen LogP contribution in [0.15, 0.2) is 12.2 Å². The van der Waals surface area contributed by atoms with Gasteiger partial charge in [0.2, 0.25) is 5.91 Å². The van der Waals surface area contributed by atoms with Gasteiger partial charge in [-0.2, -0.15) is 0 Å². The van der Waals surface area contributed by atoms with Gasteiger partial charge in [-0.1, -0.05) is 52.2 Å². The molecule has 0 saturated heterocycles. The number of allylic oxidation sites excluding steroid dienone is 1. The number of rotatable bonds is 12. The maximum absolute atomic E-state index is 12.5. The van der Waals surface area contributed by atoms with E-state index in [2.05, 4.69) is 10.6 Å². The number of methoxy groups -OCH3 is 1. The summed E-state index contributed by atoms with van der Waals surface area (Å²) in [5, 5.41) is 35.8. The van der Waals surface area contributed by atoms with Crippen LogP contribution in [-0.2, 0) is 19.1 Å². The summed E-state index contributed by atoms with van der Waals surface area (Å²) in [7, 11) is 1.20. The number of nitrogens with one attached hydrogen (secondary N) is 2. The molecule has 0 aromatic rings. The summed E-state index contributed by atoms with van der Waals surface area (Å²) in [6.07, 6.45) is 2.80. The summed E-state index contributed by atoms with van der Waals surface area (Å²) in [5.74, 6) is -1.17. The summed E-state index contributed by atoms with van der Waals surface area (Å²) in [5.41, 5.74) is -0.228. The minimum atomic E-state index is -1.70. The summed E-state index contributed by atoms with van der Waals surface area (Å²) in [6, 6.07) is -0.884. The van der Waals surface area contributed by atoms with Crippen LogP contribution in [0.5, 0.6) is 0 Å². The lowest BCUT2D eigenvalue weighted by Gasteiger charge is -2.28. The van der Waals surface area contributed by atoms with Crippen molar-refractivity contribution < 1.29 is 34.4 Å². The molecule has 32 heavy (non-hydrogen) atoms. The highest BCUT2D eigenvalue weighted by Crippen LogP contribution is 2.20. The quantitative estimate of drug-likeness (QED) is 0.214. The number of carbonyl (C=O) groups is 2. The van der Waals surface area contributed by atoms with Gasteiger partial charge in [0.25, 0.3) is 5.91 Å². The first-order valence-corrected chi connectivity index (χ1v) is 11.4. The molecule has 1 rings (SSSR count). The van der Waals surface area contributed by atoms with Crippen LogP contribution in [0.4, 0.5) is 0 Å². The Morgan fingerprint density at radius 1 is 1.06 bits per heavy atom. The van der Waals surface area contributed by atoms with E-state index in [1.165, 1.54) is 39.4 Å². The molecule has 5 N–H and O–H groups in total. The third-order valence-corrected chi connectivity index (χ3v) is 5.37. The lowest BCUT2D eigenvalue weighted by atomic mass is 9.94. The first-order chi connectivity index (χ1) is 15.0. The van der Waals surface area contributed by atoms with Crippen molar-refractivity contribution in [3.8, 4) is 0 Å².